The normalized spacial score (nSPS) is 13.0. The molecule has 0 atom stereocenters. The van der Waals surface area contributed by atoms with Crippen LogP contribution in [0.2, 0.25) is 5.02 Å². The molecule has 7 heteroatoms. The van der Waals surface area contributed by atoms with Gasteiger partial charge in [-0.3, -0.25) is 19.3 Å². The largest absolute Gasteiger partial charge is 0.467 e. The van der Waals surface area contributed by atoms with E-state index in [0.717, 1.165) is 10.5 Å². The SMILES string of the molecule is O=C(NCc1ccc(Cl)cc1)c1ccc2c(c1)C(=O)N(Cc1ccco1)C2=O. The van der Waals surface area contributed by atoms with E-state index in [9.17, 15) is 14.4 Å². The number of carbonyl (C=O) groups excluding carboxylic acids is 3. The lowest BCUT2D eigenvalue weighted by Gasteiger charge is -2.11. The smallest absolute Gasteiger partial charge is 0.261 e. The number of nitrogens with zero attached hydrogens (tertiary/aromatic N) is 1. The van der Waals surface area contributed by atoms with Gasteiger partial charge in [-0.15, -0.1) is 0 Å². The van der Waals surface area contributed by atoms with Crippen LogP contribution in [0.5, 0.6) is 0 Å². The van der Waals surface area contributed by atoms with Gasteiger partial charge >= 0.3 is 0 Å². The second-order valence-corrected chi connectivity index (χ2v) is 6.78. The van der Waals surface area contributed by atoms with E-state index in [4.69, 9.17) is 16.0 Å². The molecule has 28 heavy (non-hydrogen) atoms. The van der Waals surface area contributed by atoms with Crippen molar-refractivity contribution in [3.8, 4) is 0 Å². The van der Waals surface area contributed by atoms with E-state index in [-0.39, 0.29) is 23.6 Å². The molecule has 1 aliphatic rings. The molecule has 0 radical (unpaired) electrons. The molecule has 4 rings (SSSR count). The fourth-order valence-corrected chi connectivity index (χ4v) is 3.15. The van der Waals surface area contributed by atoms with Gasteiger partial charge in [0, 0.05) is 17.1 Å². The Labute approximate surface area is 165 Å². The molecule has 0 bridgehead atoms. The van der Waals surface area contributed by atoms with Gasteiger partial charge in [0.25, 0.3) is 17.7 Å². The maximum absolute atomic E-state index is 12.6. The number of nitrogens with one attached hydrogen (secondary N) is 1. The molecule has 140 valence electrons. The summed E-state index contributed by atoms with van der Waals surface area (Å²) in [5.41, 5.74) is 1.71. The Hall–Kier alpha value is -3.38. The molecule has 3 amide bonds. The summed E-state index contributed by atoms with van der Waals surface area (Å²) in [5.74, 6) is -0.661. The predicted molar refractivity (Wildman–Crippen MR) is 102 cm³/mol. The van der Waals surface area contributed by atoms with E-state index in [2.05, 4.69) is 5.32 Å². The standard InChI is InChI=1S/C21H15ClN2O4/c22-15-6-3-13(4-7-15)11-23-19(25)14-5-8-17-18(10-14)21(27)24(20(17)26)12-16-2-1-9-28-16/h1-10H,11-12H2,(H,23,25). The average molecular weight is 395 g/mol. The lowest BCUT2D eigenvalue weighted by molar-refractivity contribution is 0.0631. The molecule has 0 spiro atoms. The third-order valence-electron chi connectivity index (χ3n) is 4.49. The van der Waals surface area contributed by atoms with E-state index in [1.807, 2.05) is 12.1 Å². The Balaban J connectivity index is 1.49. The van der Waals surface area contributed by atoms with Crippen molar-refractivity contribution < 1.29 is 18.8 Å². The monoisotopic (exact) mass is 394 g/mol. The number of hydrogen-bond acceptors (Lipinski definition) is 4. The minimum Gasteiger partial charge on any atom is -0.467 e. The van der Waals surface area contributed by atoms with Crippen molar-refractivity contribution in [2.45, 2.75) is 13.1 Å². The van der Waals surface area contributed by atoms with Crippen LogP contribution in [0.15, 0.2) is 65.3 Å². The van der Waals surface area contributed by atoms with E-state index < -0.39 is 11.8 Å². The molecule has 0 fully saturated rings. The van der Waals surface area contributed by atoms with Crippen molar-refractivity contribution in [2.24, 2.45) is 0 Å². The number of carbonyl (C=O) groups is 3. The van der Waals surface area contributed by atoms with Crippen molar-refractivity contribution in [1.82, 2.24) is 10.2 Å². The highest BCUT2D eigenvalue weighted by Crippen LogP contribution is 2.26. The highest BCUT2D eigenvalue weighted by Gasteiger charge is 2.36. The van der Waals surface area contributed by atoms with Crippen molar-refractivity contribution in [1.29, 1.82) is 0 Å². The Bertz CT molecular complexity index is 1060. The van der Waals surface area contributed by atoms with Crippen LogP contribution in [0.4, 0.5) is 0 Å². The number of fused-ring (bicyclic) bond motifs is 1. The van der Waals surface area contributed by atoms with Crippen LogP contribution in [0.1, 0.15) is 42.4 Å². The molecule has 0 unspecified atom stereocenters. The van der Waals surface area contributed by atoms with E-state index in [0.29, 0.717) is 22.9 Å². The Kier molecular flexibility index (Phi) is 4.71. The molecule has 1 N–H and O–H groups in total. The highest BCUT2D eigenvalue weighted by atomic mass is 35.5. The summed E-state index contributed by atoms with van der Waals surface area (Å²) in [4.78, 5) is 38.7. The van der Waals surface area contributed by atoms with Gasteiger partial charge in [-0.25, -0.2) is 0 Å². The molecule has 6 nitrogen and oxygen atoms in total. The minimum atomic E-state index is -0.441. The molecular weight excluding hydrogens is 380 g/mol. The van der Waals surface area contributed by atoms with Crippen molar-refractivity contribution in [3.63, 3.8) is 0 Å². The van der Waals surface area contributed by atoms with Crippen LogP contribution < -0.4 is 5.32 Å². The van der Waals surface area contributed by atoms with E-state index >= 15 is 0 Å². The summed E-state index contributed by atoms with van der Waals surface area (Å²) in [5, 5.41) is 3.41. The summed E-state index contributed by atoms with van der Waals surface area (Å²) in [6.07, 6.45) is 1.48. The van der Waals surface area contributed by atoms with Gasteiger partial charge in [0.05, 0.1) is 23.9 Å². The summed E-state index contributed by atoms with van der Waals surface area (Å²) >= 11 is 5.85. The molecule has 2 heterocycles. The fourth-order valence-electron chi connectivity index (χ4n) is 3.02. The first-order valence-electron chi connectivity index (χ1n) is 8.58. The zero-order valence-corrected chi connectivity index (χ0v) is 15.4. The van der Waals surface area contributed by atoms with E-state index in [1.165, 1.54) is 24.5 Å². The number of furan rings is 1. The Morgan fingerprint density at radius 1 is 1.00 bits per heavy atom. The number of hydrogen-bond donors (Lipinski definition) is 1. The van der Waals surface area contributed by atoms with Gasteiger partial charge < -0.3 is 9.73 Å². The zero-order chi connectivity index (χ0) is 19.7. The van der Waals surface area contributed by atoms with Gasteiger partial charge in [-0.05, 0) is 48.0 Å². The van der Waals surface area contributed by atoms with Crippen LogP contribution in [0, 0.1) is 0 Å². The average Bonchev–Trinajstić information content (AvgIpc) is 3.30. The number of halogens is 1. The molecule has 0 saturated carbocycles. The second kappa shape index (κ2) is 7.32. The quantitative estimate of drug-likeness (QED) is 0.670. The fraction of sp³-hybridized carbons (Fsp3) is 0.0952. The molecule has 0 saturated heterocycles. The summed E-state index contributed by atoms with van der Waals surface area (Å²) in [6.45, 7) is 0.377. The number of amides is 3. The van der Waals surface area contributed by atoms with Crippen LogP contribution in [-0.2, 0) is 13.1 Å². The van der Waals surface area contributed by atoms with Crippen LogP contribution in [-0.4, -0.2) is 22.6 Å². The van der Waals surface area contributed by atoms with Gasteiger partial charge in [0.1, 0.15) is 5.76 Å². The van der Waals surface area contributed by atoms with Gasteiger partial charge in [0.2, 0.25) is 0 Å². The lowest BCUT2D eigenvalue weighted by Crippen LogP contribution is -2.28. The van der Waals surface area contributed by atoms with Crippen LogP contribution in [0.25, 0.3) is 0 Å². The van der Waals surface area contributed by atoms with Crippen molar-refractivity contribution in [3.05, 3.63) is 93.9 Å². The summed E-state index contributed by atoms with van der Waals surface area (Å²) in [6, 6.07) is 15.0. The Morgan fingerprint density at radius 2 is 1.75 bits per heavy atom. The number of benzene rings is 2. The van der Waals surface area contributed by atoms with Gasteiger partial charge in [-0.1, -0.05) is 23.7 Å². The Morgan fingerprint density at radius 3 is 2.46 bits per heavy atom. The summed E-state index contributed by atoms with van der Waals surface area (Å²) < 4.78 is 5.22. The molecule has 1 aromatic heterocycles. The molecule has 0 aliphatic carbocycles. The van der Waals surface area contributed by atoms with Gasteiger partial charge in [0.15, 0.2) is 0 Å². The maximum atomic E-state index is 12.6. The topological polar surface area (TPSA) is 79.6 Å². The minimum absolute atomic E-state index is 0.0530. The van der Waals surface area contributed by atoms with Crippen LogP contribution >= 0.6 is 11.6 Å². The zero-order valence-electron chi connectivity index (χ0n) is 14.6. The molecular formula is C21H15ClN2O4. The summed E-state index contributed by atoms with van der Waals surface area (Å²) in [7, 11) is 0. The first-order valence-corrected chi connectivity index (χ1v) is 8.96. The molecule has 2 aromatic carbocycles. The highest BCUT2D eigenvalue weighted by molar-refractivity contribution is 6.30. The van der Waals surface area contributed by atoms with Crippen molar-refractivity contribution >= 4 is 29.3 Å². The van der Waals surface area contributed by atoms with Crippen molar-refractivity contribution in [2.75, 3.05) is 0 Å². The molecule has 3 aromatic rings. The second-order valence-electron chi connectivity index (χ2n) is 6.35. The van der Waals surface area contributed by atoms with Crippen LogP contribution in [0.3, 0.4) is 0 Å². The first kappa shape index (κ1) is 18.0. The third kappa shape index (κ3) is 3.42. The first-order chi connectivity index (χ1) is 13.5. The van der Waals surface area contributed by atoms with E-state index in [1.54, 1.807) is 24.3 Å². The lowest BCUT2D eigenvalue weighted by atomic mass is 10.1. The van der Waals surface area contributed by atoms with Gasteiger partial charge in [-0.2, -0.15) is 0 Å². The maximum Gasteiger partial charge on any atom is 0.261 e. The number of rotatable bonds is 5. The third-order valence-corrected chi connectivity index (χ3v) is 4.75. The molecule has 1 aliphatic heterocycles. The number of imide groups is 1. The predicted octanol–water partition coefficient (Wildman–Crippen LogP) is 3.66.